The van der Waals surface area contributed by atoms with Crippen LogP contribution in [0, 0.1) is 116 Å². The van der Waals surface area contributed by atoms with Gasteiger partial charge in [-0.1, -0.05) is 12.1 Å². The molecule has 0 aliphatic rings. The van der Waals surface area contributed by atoms with Gasteiger partial charge in [0.05, 0.1) is 5.39 Å². The van der Waals surface area contributed by atoms with Crippen molar-refractivity contribution in [1.29, 1.82) is 0 Å². The molecule has 0 aliphatic carbocycles. The summed E-state index contributed by atoms with van der Waals surface area (Å²) in [6.45, 7) is 0. The van der Waals surface area contributed by atoms with E-state index in [0.717, 1.165) is 0 Å². The fourth-order valence-corrected chi connectivity index (χ4v) is 6.81. The molecule has 21 heteroatoms. The molecule has 0 aromatic heterocycles. The summed E-state index contributed by atoms with van der Waals surface area (Å²) in [5.74, 6) is -71.4. The molecule has 0 unspecified atom stereocenters. The first-order valence-corrected chi connectivity index (χ1v) is 16.1. The van der Waals surface area contributed by atoms with Crippen molar-refractivity contribution in [3.8, 4) is 0 Å². The molecule has 0 atom stereocenters. The summed E-state index contributed by atoms with van der Waals surface area (Å²) >= 11 is 0. The van der Waals surface area contributed by atoms with Gasteiger partial charge in [-0.15, -0.1) is 21.9 Å². The van der Waals surface area contributed by atoms with Crippen LogP contribution < -0.4 is 21.9 Å². The summed E-state index contributed by atoms with van der Waals surface area (Å²) in [6, 6.07) is 23.5. The van der Waals surface area contributed by atoms with Gasteiger partial charge in [0.25, 0.3) is 0 Å². The van der Waals surface area contributed by atoms with E-state index in [-0.39, 0.29) is 0 Å². The molecule has 0 radical (unpaired) electrons. The smallest absolute Gasteiger partial charge is 0.200 e. The van der Waals surface area contributed by atoms with Crippen LogP contribution in [0.3, 0.4) is 0 Å². The summed E-state index contributed by atoms with van der Waals surface area (Å²) in [5, 5.41) is 5.15. The standard InChI is InChI=1S/C24BF20.C15H11/c26-5-1(6(27)14(35)21(42)13(5)34)25(2-7(28)15(36)22(43)16(37)8(2)29,3-9(30)17(38)23(44)18(39)10(3)31)4-11(32)19(40)24(45)20(41)12(4)33;1-3-7-14-11-15-8-4-2-6-13(15)10-9-12(14)5-1/h;1-11H/q-1;+1. The Morgan fingerprint density at radius 2 is 0.500 bits per heavy atom. The third kappa shape index (κ3) is 6.32. The van der Waals surface area contributed by atoms with Gasteiger partial charge in [0.2, 0.25) is 0 Å². The van der Waals surface area contributed by atoms with Gasteiger partial charge in [-0.05, 0) is 30.3 Å². The fourth-order valence-electron chi connectivity index (χ4n) is 6.81. The third-order valence-corrected chi connectivity index (χ3v) is 9.45. The zero-order valence-corrected chi connectivity index (χ0v) is 28.5. The molecule has 60 heavy (non-hydrogen) atoms. The molecule has 7 rings (SSSR count). The number of fused-ring (bicyclic) bond motifs is 2. The first-order chi connectivity index (χ1) is 28.1. The molecule has 0 fully saturated rings. The molecular weight excluding hydrogens is 859 g/mol. The minimum atomic E-state index is -7.22. The molecule has 7 aromatic carbocycles. The molecular formula is C39H11BF20. The molecule has 310 valence electrons. The van der Waals surface area contributed by atoms with Crippen molar-refractivity contribution >= 4 is 49.5 Å². The van der Waals surface area contributed by atoms with Crippen molar-refractivity contribution in [2.75, 3.05) is 0 Å². The lowest BCUT2D eigenvalue weighted by Gasteiger charge is -2.44. The Kier molecular flexibility index (Phi) is 11.3. The molecule has 0 heterocycles. The second-order valence-electron chi connectivity index (χ2n) is 12.5. The maximum absolute atomic E-state index is 15.4. The number of halogens is 20. The number of rotatable bonds is 4. The van der Waals surface area contributed by atoms with Gasteiger partial charge in [-0.2, -0.15) is 0 Å². The van der Waals surface area contributed by atoms with Crippen LogP contribution in [0.4, 0.5) is 87.8 Å². The van der Waals surface area contributed by atoms with Crippen LogP contribution in [-0.2, 0) is 0 Å². The largest absolute Gasteiger partial charge is 0.207 e. The van der Waals surface area contributed by atoms with Crippen LogP contribution in [0.2, 0.25) is 0 Å². The van der Waals surface area contributed by atoms with E-state index in [1.54, 1.807) is 0 Å². The second-order valence-corrected chi connectivity index (χ2v) is 12.5. The quantitative estimate of drug-likeness (QED) is 0.0544. The maximum atomic E-state index is 15.4. The molecule has 0 amide bonds. The lowest BCUT2D eigenvalue weighted by Crippen LogP contribution is -2.81. The van der Waals surface area contributed by atoms with Crippen LogP contribution in [0.1, 0.15) is 0 Å². The average molecular weight is 870 g/mol. The van der Waals surface area contributed by atoms with Crippen LogP contribution in [0.15, 0.2) is 66.7 Å². The molecule has 0 spiro atoms. The van der Waals surface area contributed by atoms with E-state index in [1.165, 1.54) is 21.5 Å². The Morgan fingerprint density at radius 3 is 0.800 bits per heavy atom. The fraction of sp³-hybridized carbons (Fsp3) is 0. The predicted molar refractivity (Wildman–Crippen MR) is 175 cm³/mol. The summed E-state index contributed by atoms with van der Waals surface area (Å²) in [5.41, 5.74) is -14.3. The highest BCUT2D eigenvalue weighted by Crippen LogP contribution is 2.31. The molecule has 0 nitrogen and oxygen atoms in total. The average Bonchev–Trinajstić information content (AvgIpc) is 3.43. The third-order valence-electron chi connectivity index (χ3n) is 9.45. The van der Waals surface area contributed by atoms with Crippen molar-refractivity contribution in [2.24, 2.45) is 0 Å². The van der Waals surface area contributed by atoms with Gasteiger partial charge in [0, 0.05) is 35.0 Å². The van der Waals surface area contributed by atoms with Gasteiger partial charge in [-0.3, -0.25) is 0 Å². The minimum absolute atomic E-state index is 1.29. The normalized spacial score (nSPS) is 11.7. The number of hydrogen-bond acceptors (Lipinski definition) is 0. The Bertz CT molecular complexity index is 2500. The maximum Gasteiger partial charge on any atom is 0.200 e. The van der Waals surface area contributed by atoms with E-state index in [9.17, 15) is 52.7 Å². The van der Waals surface area contributed by atoms with E-state index >= 15 is 35.1 Å². The van der Waals surface area contributed by atoms with Crippen molar-refractivity contribution in [3.63, 3.8) is 0 Å². The van der Waals surface area contributed by atoms with Crippen LogP contribution in [0.25, 0.3) is 21.5 Å². The monoisotopic (exact) mass is 870 g/mol. The Morgan fingerprint density at radius 1 is 0.267 bits per heavy atom. The van der Waals surface area contributed by atoms with Crippen LogP contribution in [0.5, 0.6) is 0 Å². The summed E-state index contributed by atoms with van der Waals surface area (Å²) in [6.07, 6.45) is -7.22. The van der Waals surface area contributed by atoms with Crippen LogP contribution in [-0.4, -0.2) is 6.15 Å². The Balaban J connectivity index is 0.000000332. The van der Waals surface area contributed by atoms with E-state index < -0.39 is 144 Å². The lowest BCUT2D eigenvalue weighted by molar-refractivity contribution is 0.378. The van der Waals surface area contributed by atoms with Crippen molar-refractivity contribution < 1.29 is 87.8 Å². The molecule has 0 N–H and O–H groups in total. The highest BCUT2D eigenvalue weighted by Gasteiger charge is 2.52. The Labute approximate surface area is 320 Å². The highest BCUT2D eigenvalue weighted by molar-refractivity contribution is 7.20. The Hall–Kier alpha value is -6.41. The van der Waals surface area contributed by atoms with Gasteiger partial charge >= 0.3 is 0 Å². The van der Waals surface area contributed by atoms with Crippen molar-refractivity contribution in [1.82, 2.24) is 0 Å². The van der Waals surface area contributed by atoms with Gasteiger partial charge in [0.1, 0.15) is 58.1 Å². The van der Waals surface area contributed by atoms with Crippen molar-refractivity contribution in [3.05, 3.63) is 183 Å². The highest BCUT2D eigenvalue weighted by atomic mass is 19.2. The van der Waals surface area contributed by atoms with Crippen molar-refractivity contribution in [2.45, 2.75) is 0 Å². The second kappa shape index (κ2) is 15.6. The molecule has 0 saturated heterocycles. The summed E-state index contributed by atoms with van der Waals surface area (Å²) in [7, 11) is 0. The van der Waals surface area contributed by atoms with E-state index in [2.05, 4.69) is 66.7 Å². The van der Waals surface area contributed by atoms with Gasteiger partial charge < -0.3 is 0 Å². The van der Waals surface area contributed by atoms with Gasteiger partial charge in [-0.25, -0.2) is 87.8 Å². The zero-order valence-electron chi connectivity index (χ0n) is 28.5. The predicted octanol–water partition coefficient (Wildman–Crippen LogP) is 10.1. The zero-order chi connectivity index (χ0) is 44.4. The van der Waals surface area contributed by atoms with E-state index in [0.29, 0.717) is 0 Å². The number of hydrogen-bond donors (Lipinski definition) is 0. The minimum Gasteiger partial charge on any atom is -0.207 e. The SMILES string of the molecule is Fc1c(F)c(F)c([B-](c2c(F)c(F)c(F)c(F)c2F)(c2c(F)c(F)c(F)c(F)c2F)c2c(F)c(F)c(F)c(F)c2F)c(F)c1F.c1ccc2cc3ccccc3[cH+]cc2c1. The molecule has 0 aliphatic heterocycles. The van der Waals surface area contributed by atoms with Gasteiger partial charge in [0.15, 0.2) is 69.8 Å². The van der Waals surface area contributed by atoms with E-state index in [1.807, 2.05) is 0 Å². The summed E-state index contributed by atoms with van der Waals surface area (Å²) < 4.78 is 294. The molecule has 7 aromatic rings. The molecule has 0 bridgehead atoms. The van der Waals surface area contributed by atoms with E-state index in [4.69, 9.17) is 0 Å². The topological polar surface area (TPSA) is 0 Å². The first kappa shape index (κ1) is 43.2. The lowest BCUT2D eigenvalue weighted by atomic mass is 9.12. The first-order valence-electron chi connectivity index (χ1n) is 16.1. The number of benzene rings is 6. The summed E-state index contributed by atoms with van der Waals surface area (Å²) in [4.78, 5) is 0. The van der Waals surface area contributed by atoms with Crippen LogP contribution >= 0.6 is 0 Å². The molecule has 0 saturated carbocycles.